The van der Waals surface area contributed by atoms with Crippen molar-refractivity contribution < 1.29 is 14.3 Å². The first-order chi connectivity index (χ1) is 12.2. The minimum Gasteiger partial charge on any atom is -0.427 e. The van der Waals surface area contributed by atoms with E-state index in [0.717, 1.165) is 23.4 Å². The molecule has 1 aliphatic heterocycles. The van der Waals surface area contributed by atoms with Crippen LogP contribution in [0.25, 0.3) is 0 Å². The van der Waals surface area contributed by atoms with E-state index in [9.17, 15) is 14.9 Å². The van der Waals surface area contributed by atoms with Crippen LogP contribution in [0.1, 0.15) is 52.0 Å². The molecule has 1 aromatic carbocycles. The van der Waals surface area contributed by atoms with Gasteiger partial charge in [-0.1, -0.05) is 26.0 Å². The smallest absolute Gasteiger partial charge is 0.308 e. The predicted octanol–water partition coefficient (Wildman–Crippen LogP) is 3.74. The molecule has 5 nitrogen and oxygen atoms in total. The maximum atomic E-state index is 12.9. The van der Waals surface area contributed by atoms with Crippen LogP contribution in [0.15, 0.2) is 46.8 Å². The molecule has 0 bridgehead atoms. The number of allylic oxidation sites excluding steroid dienone is 4. The Hall–Kier alpha value is -2.87. The van der Waals surface area contributed by atoms with Gasteiger partial charge in [0.25, 0.3) is 0 Å². The van der Waals surface area contributed by atoms with E-state index in [0.29, 0.717) is 23.3 Å². The largest absolute Gasteiger partial charge is 0.427 e. The number of dihydropyridines is 1. The topological polar surface area (TPSA) is 79.2 Å². The van der Waals surface area contributed by atoms with Crippen molar-refractivity contribution in [1.29, 1.82) is 5.26 Å². The van der Waals surface area contributed by atoms with E-state index in [4.69, 9.17) is 4.74 Å². The summed E-state index contributed by atoms with van der Waals surface area (Å²) in [7, 11) is 0. The Kier molecular flexibility index (Phi) is 4.45. The Labute approximate surface area is 153 Å². The van der Waals surface area contributed by atoms with Gasteiger partial charge in [-0.25, -0.2) is 0 Å². The molecule has 0 saturated carbocycles. The van der Waals surface area contributed by atoms with E-state index < -0.39 is 0 Å². The molecule has 134 valence electrons. The van der Waals surface area contributed by atoms with Crippen LogP contribution in [-0.2, 0) is 9.59 Å². The maximum absolute atomic E-state index is 12.9. The van der Waals surface area contributed by atoms with Gasteiger partial charge in [0.15, 0.2) is 5.78 Å². The minimum atomic E-state index is -0.386. The molecule has 1 atom stereocenters. The average Bonchev–Trinajstić information content (AvgIpc) is 2.52. The van der Waals surface area contributed by atoms with E-state index in [-0.39, 0.29) is 23.1 Å². The molecule has 26 heavy (non-hydrogen) atoms. The van der Waals surface area contributed by atoms with Gasteiger partial charge in [-0.05, 0) is 36.5 Å². The van der Waals surface area contributed by atoms with Crippen molar-refractivity contribution in [3.05, 3.63) is 52.4 Å². The number of ether oxygens (including phenoxy) is 1. The van der Waals surface area contributed by atoms with Gasteiger partial charge in [0.1, 0.15) is 5.75 Å². The van der Waals surface area contributed by atoms with E-state index in [2.05, 4.69) is 25.2 Å². The summed E-state index contributed by atoms with van der Waals surface area (Å²) in [6, 6.07) is 9.29. The summed E-state index contributed by atoms with van der Waals surface area (Å²) in [4.78, 5) is 24.0. The van der Waals surface area contributed by atoms with Crippen LogP contribution < -0.4 is 10.1 Å². The summed E-state index contributed by atoms with van der Waals surface area (Å²) < 4.78 is 5.08. The third-order valence-corrected chi connectivity index (χ3v) is 4.84. The zero-order chi connectivity index (χ0) is 19.1. The molecule has 2 aliphatic rings. The van der Waals surface area contributed by atoms with Crippen molar-refractivity contribution in [3.63, 3.8) is 0 Å². The summed E-state index contributed by atoms with van der Waals surface area (Å²) in [5.74, 6) is -0.244. The lowest BCUT2D eigenvalue weighted by Gasteiger charge is -2.38. The Balaban J connectivity index is 2.08. The minimum absolute atomic E-state index is 0.0815. The van der Waals surface area contributed by atoms with Crippen molar-refractivity contribution in [1.82, 2.24) is 5.32 Å². The number of nitrogens with one attached hydrogen (secondary N) is 1. The lowest BCUT2D eigenvalue weighted by molar-refractivity contribution is -0.131. The highest BCUT2D eigenvalue weighted by Crippen LogP contribution is 2.46. The molecule has 1 N–H and O–H groups in total. The van der Waals surface area contributed by atoms with Gasteiger partial charge in [-0.3, -0.25) is 9.59 Å². The van der Waals surface area contributed by atoms with Gasteiger partial charge in [-0.15, -0.1) is 0 Å². The molecule has 0 amide bonds. The molecule has 1 aliphatic carbocycles. The van der Waals surface area contributed by atoms with Gasteiger partial charge in [0.2, 0.25) is 0 Å². The molecule has 0 spiro atoms. The first-order valence-electron chi connectivity index (χ1n) is 8.64. The fraction of sp³-hybridized carbons (Fsp3) is 0.381. The van der Waals surface area contributed by atoms with E-state index in [1.807, 2.05) is 19.1 Å². The number of nitrogens with zero attached hydrogens (tertiary/aromatic N) is 1. The number of nitriles is 1. The SMILES string of the molecule is CC(=O)Oc1ccc(C2C(C#N)=C(C)NC3=C2C(=O)CC(C)(C)C3)cc1. The van der Waals surface area contributed by atoms with Crippen LogP contribution >= 0.6 is 0 Å². The van der Waals surface area contributed by atoms with E-state index in [1.165, 1.54) is 6.92 Å². The fourth-order valence-corrected chi connectivity index (χ4v) is 3.81. The van der Waals surface area contributed by atoms with Crippen LogP contribution in [0.4, 0.5) is 0 Å². The monoisotopic (exact) mass is 350 g/mol. The molecule has 0 fully saturated rings. The second-order valence-corrected chi connectivity index (χ2v) is 7.70. The molecular formula is C21H22N2O3. The highest BCUT2D eigenvalue weighted by molar-refractivity contribution is 6.00. The number of benzene rings is 1. The van der Waals surface area contributed by atoms with E-state index >= 15 is 0 Å². The standard InChI is InChI=1S/C21H22N2O3/c1-12-16(11-22)19(14-5-7-15(8-6-14)26-13(2)24)20-17(23-12)9-21(3,4)10-18(20)25/h5-8,19,23H,9-10H2,1-4H3. The summed E-state index contributed by atoms with van der Waals surface area (Å²) in [6.07, 6.45) is 1.24. The molecule has 1 heterocycles. The third-order valence-electron chi connectivity index (χ3n) is 4.84. The molecule has 0 saturated heterocycles. The first-order valence-corrected chi connectivity index (χ1v) is 8.64. The Morgan fingerprint density at radius 3 is 2.50 bits per heavy atom. The van der Waals surface area contributed by atoms with Gasteiger partial charge < -0.3 is 10.1 Å². The summed E-state index contributed by atoms with van der Waals surface area (Å²) >= 11 is 0. The number of carbonyl (C=O) groups is 2. The molecule has 0 radical (unpaired) electrons. The Bertz CT molecular complexity index is 883. The van der Waals surface area contributed by atoms with Gasteiger partial charge >= 0.3 is 5.97 Å². The highest BCUT2D eigenvalue weighted by Gasteiger charge is 2.41. The van der Waals surface area contributed by atoms with Crippen LogP contribution in [-0.4, -0.2) is 11.8 Å². The van der Waals surface area contributed by atoms with Crippen LogP contribution in [0.5, 0.6) is 5.75 Å². The normalized spacial score (nSPS) is 21.7. The lowest BCUT2D eigenvalue weighted by atomic mass is 9.69. The second kappa shape index (κ2) is 6.45. The van der Waals surface area contributed by atoms with E-state index in [1.54, 1.807) is 12.1 Å². The van der Waals surface area contributed by atoms with Crippen molar-refractivity contribution in [3.8, 4) is 11.8 Å². The number of hydrogen-bond donors (Lipinski definition) is 1. The first kappa shape index (κ1) is 17.9. The number of ketones is 1. The number of carbonyl (C=O) groups excluding carboxylic acids is 2. The molecule has 5 heteroatoms. The molecule has 0 aromatic heterocycles. The number of Topliss-reactive ketones (excluding diaryl/α,β-unsaturated/α-hetero) is 1. The number of hydrogen-bond acceptors (Lipinski definition) is 5. The third kappa shape index (κ3) is 3.28. The summed E-state index contributed by atoms with van der Waals surface area (Å²) in [6.45, 7) is 7.38. The molecule has 3 rings (SSSR count). The molecular weight excluding hydrogens is 328 g/mol. The van der Waals surface area contributed by atoms with Gasteiger partial charge in [-0.2, -0.15) is 5.26 Å². The average molecular weight is 350 g/mol. The summed E-state index contributed by atoms with van der Waals surface area (Å²) in [5.41, 5.74) is 3.68. The van der Waals surface area contributed by atoms with Crippen molar-refractivity contribution in [2.45, 2.75) is 46.5 Å². The predicted molar refractivity (Wildman–Crippen MR) is 97.0 cm³/mol. The zero-order valence-corrected chi connectivity index (χ0v) is 15.5. The van der Waals surface area contributed by atoms with Crippen LogP contribution in [0.3, 0.4) is 0 Å². The van der Waals surface area contributed by atoms with Crippen LogP contribution in [0, 0.1) is 16.7 Å². The summed E-state index contributed by atoms with van der Waals surface area (Å²) in [5, 5.41) is 13.0. The zero-order valence-electron chi connectivity index (χ0n) is 15.5. The second-order valence-electron chi connectivity index (χ2n) is 7.70. The number of esters is 1. The lowest BCUT2D eigenvalue weighted by Crippen LogP contribution is -2.36. The molecule has 1 aromatic rings. The fourth-order valence-electron chi connectivity index (χ4n) is 3.81. The Morgan fingerprint density at radius 2 is 1.92 bits per heavy atom. The highest BCUT2D eigenvalue weighted by atomic mass is 16.5. The quantitative estimate of drug-likeness (QED) is 0.649. The van der Waals surface area contributed by atoms with Crippen molar-refractivity contribution in [2.24, 2.45) is 5.41 Å². The van der Waals surface area contributed by atoms with Crippen molar-refractivity contribution >= 4 is 11.8 Å². The Morgan fingerprint density at radius 1 is 1.27 bits per heavy atom. The van der Waals surface area contributed by atoms with Gasteiger partial charge in [0, 0.05) is 30.3 Å². The maximum Gasteiger partial charge on any atom is 0.308 e. The van der Waals surface area contributed by atoms with Crippen LogP contribution in [0.2, 0.25) is 0 Å². The van der Waals surface area contributed by atoms with Gasteiger partial charge in [0.05, 0.1) is 17.6 Å². The number of rotatable bonds is 2. The molecule has 1 unspecified atom stereocenters. The van der Waals surface area contributed by atoms with Crippen molar-refractivity contribution in [2.75, 3.05) is 0 Å².